The molecule has 1 atom stereocenters. The predicted octanol–water partition coefficient (Wildman–Crippen LogP) is 1.57. The van der Waals surface area contributed by atoms with E-state index in [1.165, 1.54) is 0 Å². The van der Waals surface area contributed by atoms with E-state index in [2.05, 4.69) is 27.4 Å². The lowest BCUT2D eigenvalue weighted by atomic mass is 10.1. The van der Waals surface area contributed by atoms with Crippen LogP contribution in [0.25, 0.3) is 0 Å². The van der Waals surface area contributed by atoms with Crippen LogP contribution in [0.3, 0.4) is 0 Å². The molecule has 1 unspecified atom stereocenters. The SMILES string of the molecule is CCCn1ncnc1CC(N)Cc1nc(C)cs1. The Hall–Kier alpha value is -1.27. The molecule has 0 aliphatic carbocycles. The molecule has 5 nitrogen and oxygen atoms in total. The predicted molar refractivity (Wildman–Crippen MR) is 72.5 cm³/mol. The lowest BCUT2D eigenvalue weighted by Crippen LogP contribution is -2.27. The number of nitrogens with zero attached hydrogens (tertiary/aromatic N) is 4. The Labute approximate surface area is 111 Å². The maximum atomic E-state index is 6.16. The molecule has 0 aromatic carbocycles. The van der Waals surface area contributed by atoms with Gasteiger partial charge in [-0.2, -0.15) is 5.10 Å². The molecule has 2 heterocycles. The average molecular weight is 265 g/mol. The lowest BCUT2D eigenvalue weighted by molar-refractivity contribution is 0.539. The molecular formula is C12H19N5S. The first-order chi connectivity index (χ1) is 8.69. The molecule has 2 aromatic rings. The van der Waals surface area contributed by atoms with Crippen molar-refractivity contribution in [1.82, 2.24) is 19.7 Å². The molecule has 6 heteroatoms. The first-order valence-electron chi connectivity index (χ1n) is 6.22. The third-order valence-electron chi connectivity index (χ3n) is 2.68. The molecule has 0 saturated heterocycles. The minimum absolute atomic E-state index is 0.0513. The first-order valence-corrected chi connectivity index (χ1v) is 7.10. The summed E-state index contributed by atoms with van der Waals surface area (Å²) in [5, 5.41) is 7.36. The summed E-state index contributed by atoms with van der Waals surface area (Å²) in [5.74, 6) is 0.970. The number of hydrogen-bond acceptors (Lipinski definition) is 5. The largest absolute Gasteiger partial charge is 0.327 e. The molecule has 0 saturated carbocycles. The van der Waals surface area contributed by atoms with Crippen LogP contribution >= 0.6 is 11.3 Å². The van der Waals surface area contributed by atoms with Gasteiger partial charge in [0.15, 0.2) is 0 Å². The van der Waals surface area contributed by atoms with Crippen LogP contribution in [0.2, 0.25) is 0 Å². The van der Waals surface area contributed by atoms with Gasteiger partial charge in [0.1, 0.15) is 12.2 Å². The third-order valence-corrected chi connectivity index (χ3v) is 3.67. The van der Waals surface area contributed by atoms with E-state index in [1.807, 2.05) is 11.6 Å². The molecule has 2 N–H and O–H groups in total. The van der Waals surface area contributed by atoms with Gasteiger partial charge in [-0.25, -0.2) is 9.97 Å². The molecule has 0 fully saturated rings. The van der Waals surface area contributed by atoms with Gasteiger partial charge in [-0.05, 0) is 13.3 Å². The van der Waals surface area contributed by atoms with Gasteiger partial charge in [0.05, 0.1) is 5.01 Å². The highest BCUT2D eigenvalue weighted by molar-refractivity contribution is 7.09. The summed E-state index contributed by atoms with van der Waals surface area (Å²) in [6, 6.07) is 0.0513. The first kappa shape index (κ1) is 13.2. The molecule has 0 aliphatic rings. The van der Waals surface area contributed by atoms with E-state index in [1.54, 1.807) is 17.7 Å². The summed E-state index contributed by atoms with van der Waals surface area (Å²) in [5.41, 5.74) is 7.22. The molecule has 2 aromatic heterocycles. The van der Waals surface area contributed by atoms with E-state index in [4.69, 9.17) is 5.73 Å². The Morgan fingerprint density at radius 1 is 1.44 bits per heavy atom. The fraction of sp³-hybridized carbons (Fsp3) is 0.583. The minimum atomic E-state index is 0.0513. The number of aromatic nitrogens is 4. The van der Waals surface area contributed by atoms with Gasteiger partial charge in [-0.3, -0.25) is 4.68 Å². The van der Waals surface area contributed by atoms with Crippen molar-refractivity contribution in [2.45, 2.75) is 45.7 Å². The standard InChI is InChI=1S/C12H19N5S/c1-3-4-17-11(14-8-15-17)5-10(13)6-12-16-9(2)7-18-12/h7-8,10H,3-6,13H2,1-2H3. The number of rotatable bonds is 6. The zero-order valence-electron chi connectivity index (χ0n) is 10.8. The summed E-state index contributed by atoms with van der Waals surface area (Å²) in [7, 11) is 0. The fourth-order valence-electron chi connectivity index (χ4n) is 1.87. The molecule has 0 radical (unpaired) electrons. The highest BCUT2D eigenvalue weighted by Gasteiger charge is 2.12. The van der Waals surface area contributed by atoms with Gasteiger partial charge in [0.2, 0.25) is 0 Å². The Balaban J connectivity index is 1.94. The zero-order valence-corrected chi connectivity index (χ0v) is 11.7. The molecule has 0 amide bonds. The monoisotopic (exact) mass is 265 g/mol. The zero-order chi connectivity index (χ0) is 13.0. The number of thiazole rings is 1. The number of hydrogen-bond donors (Lipinski definition) is 1. The Bertz CT molecular complexity index is 490. The lowest BCUT2D eigenvalue weighted by Gasteiger charge is -2.10. The quantitative estimate of drug-likeness (QED) is 0.860. The number of aryl methyl sites for hydroxylation is 2. The second-order valence-electron chi connectivity index (χ2n) is 4.45. The van der Waals surface area contributed by atoms with Crippen molar-refractivity contribution < 1.29 is 0 Å². The van der Waals surface area contributed by atoms with Crippen molar-refractivity contribution in [3.05, 3.63) is 28.2 Å². The summed E-state index contributed by atoms with van der Waals surface area (Å²) in [6.45, 7) is 5.03. The summed E-state index contributed by atoms with van der Waals surface area (Å²) in [4.78, 5) is 8.71. The van der Waals surface area contributed by atoms with Crippen LogP contribution in [0, 0.1) is 6.92 Å². The van der Waals surface area contributed by atoms with E-state index in [0.717, 1.165) is 42.3 Å². The maximum Gasteiger partial charge on any atom is 0.138 e. The van der Waals surface area contributed by atoms with E-state index in [9.17, 15) is 0 Å². The topological polar surface area (TPSA) is 69.6 Å². The fourth-order valence-corrected chi connectivity index (χ4v) is 2.74. The van der Waals surface area contributed by atoms with Crippen molar-refractivity contribution in [3.63, 3.8) is 0 Å². The van der Waals surface area contributed by atoms with Gasteiger partial charge in [0.25, 0.3) is 0 Å². The van der Waals surface area contributed by atoms with Crippen molar-refractivity contribution in [1.29, 1.82) is 0 Å². The van der Waals surface area contributed by atoms with Gasteiger partial charge >= 0.3 is 0 Å². The highest BCUT2D eigenvalue weighted by atomic mass is 32.1. The Morgan fingerprint density at radius 2 is 2.28 bits per heavy atom. The second kappa shape index (κ2) is 6.06. The third kappa shape index (κ3) is 3.36. The van der Waals surface area contributed by atoms with Crippen LogP contribution in [0.1, 0.15) is 29.9 Å². The van der Waals surface area contributed by atoms with E-state index in [0.29, 0.717) is 0 Å². The van der Waals surface area contributed by atoms with Crippen molar-refractivity contribution in [3.8, 4) is 0 Å². The van der Waals surface area contributed by atoms with Crippen LogP contribution in [0.15, 0.2) is 11.7 Å². The molecule has 2 rings (SSSR count). The van der Waals surface area contributed by atoms with Gasteiger partial charge < -0.3 is 5.73 Å². The molecule has 0 spiro atoms. The van der Waals surface area contributed by atoms with Gasteiger partial charge in [-0.15, -0.1) is 11.3 Å². The van der Waals surface area contributed by atoms with Crippen molar-refractivity contribution >= 4 is 11.3 Å². The van der Waals surface area contributed by atoms with Gasteiger partial charge in [-0.1, -0.05) is 6.92 Å². The summed E-state index contributed by atoms with van der Waals surface area (Å²) < 4.78 is 1.94. The Kier molecular flexibility index (Phi) is 4.43. The van der Waals surface area contributed by atoms with Gasteiger partial charge in [0, 0.05) is 36.5 Å². The molecule has 98 valence electrons. The van der Waals surface area contributed by atoms with E-state index in [-0.39, 0.29) is 6.04 Å². The molecule has 0 aliphatic heterocycles. The van der Waals surface area contributed by atoms with Crippen molar-refractivity contribution in [2.24, 2.45) is 5.73 Å². The summed E-state index contributed by atoms with van der Waals surface area (Å²) in [6.07, 6.45) is 4.21. The molecule has 18 heavy (non-hydrogen) atoms. The van der Waals surface area contributed by atoms with Crippen LogP contribution in [0.5, 0.6) is 0 Å². The number of nitrogens with two attached hydrogens (primary N) is 1. The second-order valence-corrected chi connectivity index (χ2v) is 5.39. The van der Waals surface area contributed by atoms with E-state index < -0.39 is 0 Å². The van der Waals surface area contributed by atoms with Crippen LogP contribution < -0.4 is 5.73 Å². The molecule has 0 bridgehead atoms. The van der Waals surface area contributed by atoms with Crippen LogP contribution in [-0.4, -0.2) is 25.8 Å². The average Bonchev–Trinajstić information content (AvgIpc) is 2.90. The normalized spacial score (nSPS) is 12.8. The highest BCUT2D eigenvalue weighted by Crippen LogP contribution is 2.12. The Morgan fingerprint density at radius 3 is 2.94 bits per heavy atom. The van der Waals surface area contributed by atoms with Crippen LogP contribution in [0.4, 0.5) is 0 Å². The summed E-state index contributed by atoms with van der Waals surface area (Å²) >= 11 is 1.67. The van der Waals surface area contributed by atoms with Crippen LogP contribution in [-0.2, 0) is 19.4 Å². The minimum Gasteiger partial charge on any atom is -0.327 e. The van der Waals surface area contributed by atoms with Crippen molar-refractivity contribution in [2.75, 3.05) is 0 Å². The van der Waals surface area contributed by atoms with E-state index >= 15 is 0 Å². The maximum absolute atomic E-state index is 6.16. The molecular weight excluding hydrogens is 246 g/mol. The smallest absolute Gasteiger partial charge is 0.138 e.